The maximum atomic E-state index is 6.28. The molecular weight excluding hydrogens is 256 g/mol. The smallest absolute Gasteiger partial charge is 0.138 e. The lowest BCUT2D eigenvalue weighted by Gasteiger charge is -2.20. The van der Waals surface area contributed by atoms with Gasteiger partial charge in [0.2, 0.25) is 0 Å². The predicted molar refractivity (Wildman–Crippen MR) is 80.9 cm³/mol. The van der Waals surface area contributed by atoms with Gasteiger partial charge in [0.15, 0.2) is 0 Å². The van der Waals surface area contributed by atoms with E-state index < -0.39 is 0 Å². The average molecular weight is 275 g/mol. The fourth-order valence-electron chi connectivity index (χ4n) is 1.82. The molecule has 0 heterocycles. The molecule has 0 bridgehead atoms. The molecule has 19 heavy (non-hydrogen) atoms. The molecule has 0 amide bonds. The summed E-state index contributed by atoms with van der Waals surface area (Å²) < 4.78 is 5.76. The maximum absolute atomic E-state index is 6.28. The maximum Gasteiger partial charge on any atom is 0.138 e. The van der Waals surface area contributed by atoms with Gasteiger partial charge >= 0.3 is 0 Å². The minimum absolute atomic E-state index is 0.0988. The van der Waals surface area contributed by atoms with Gasteiger partial charge in [-0.15, -0.1) is 0 Å². The molecule has 2 aromatic carbocycles. The monoisotopic (exact) mass is 274 g/mol. The second-order valence-corrected chi connectivity index (χ2v) is 6.08. The van der Waals surface area contributed by atoms with Crippen LogP contribution in [0.5, 0.6) is 5.75 Å². The first-order chi connectivity index (χ1) is 8.97. The van der Waals surface area contributed by atoms with E-state index in [9.17, 15) is 0 Å². The van der Waals surface area contributed by atoms with E-state index in [1.165, 1.54) is 5.56 Å². The third kappa shape index (κ3) is 3.74. The highest BCUT2D eigenvalue weighted by atomic mass is 35.5. The van der Waals surface area contributed by atoms with Gasteiger partial charge in [-0.3, -0.25) is 0 Å². The summed E-state index contributed by atoms with van der Waals surface area (Å²) in [5.41, 5.74) is 2.45. The summed E-state index contributed by atoms with van der Waals surface area (Å²) in [5.74, 6) is 0.735. The van der Waals surface area contributed by atoms with Crippen LogP contribution in [0.1, 0.15) is 31.9 Å². The van der Waals surface area contributed by atoms with Crippen LogP contribution in [-0.4, -0.2) is 0 Å². The third-order valence-electron chi connectivity index (χ3n) is 3.04. The van der Waals surface area contributed by atoms with E-state index in [0.29, 0.717) is 11.6 Å². The van der Waals surface area contributed by atoms with Crippen LogP contribution in [0.25, 0.3) is 0 Å². The van der Waals surface area contributed by atoms with Crippen LogP contribution in [0.15, 0.2) is 48.5 Å². The summed E-state index contributed by atoms with van der Waals surface area (Å²) >= 11 is 6.28. The summed E-state index contributed by atoms with van der Waals surface area (Å²) in [6.45, 7) is 7.05. The lowest BCUT2D eigenvalue weighted by molar-refractivity contribution is 0.306. The SMILES string of the molecule is CC(C)(C)c1ccc(OCc2ccccc2)c(Cl)c1. The second-order valence-electron chi connectivity index (χ2n) is 5.67. The van der Waals surface area contributed by atoms with Gasteiger partial charge in [-0.05, 0) is 28.7 Å². The number of benzene rings is 2. The van der Waals surface area contributed by atoms with Crippen molar-refractivity contribution in [3.05, 3.63) is 64.7 Å². The molecule has 100 valence electrons. The van der Waals surface area contributed by atoms with Crippen molar-refractivity contribution in [2.45, 2.75) is 32.8 Å². The molecule has 0 N–H and O–H groups in total. The molecule has 2 heteroatoms. The van der Waals surface area contributed by atoms with Crippen LogP contribution in [0.3, 0.4) is 0 Å². The Balaban J connectivity index is 2.10. The molecule has 0 radical (unpaired) electrons. The van der Waals surface area contributed by atoms with E-state index in [2.05, 4.69) is 26.8 Å². The Hall–Kier alpha value is -1.47. The molecule has 0 unspecified atom stereocenters. The molecule has 0 atom stereocenters. The highest BCUT2D eigenvalue weighted by Crippen LogP contribution is 2.31. The van der Waals surface area contributed by atoms with Crippen molar-refractivity contribution < 1.29 is 4.74 Å². The Kier molecular flexibility index (Phi) is 4.16. The fourth-order valence-corrected chi connectivity index (χ4v) is 2.05. The summed E-state index contributed by atoms with van der Waals surface area (Å²) in [6, 6.07) is 16.1. The topological polar surface area (TPSA) is 9.23 Å². The Labute approximate surface area is 120 Å². The molecule has 0 saturated carbocycles. The molecule has 2 aromatic rings. The minimum atomic E-state index is 0.0988. The van der Waals surface area contributed by atoms with Gasteiger partial charge in [-0.25, -0.2) is 0 Å². The van der Waals surface area contributed by atoms with E-state index in [-0.39, 0.29) is 5.41 Å². The predicted octanol–water partition coefficient (Wildman–Crippen LogP) is 5.22. The number of hydrogen-bond acceptors (Lipinski definition) is 1. The summed E-state index contributed by atoms with van der Waals surface area (Å²) in [6.07, 6.45) is 0. The largest absolute Gasteiger partial charge is 0.487 e. The molecule has 2 rings (SSSR count). The van der Waals surface area contributed by atoms with Gasteiger partial charge in [-0.1, -0.05) is 68.8 Å². The van der Waals surface area contributed by atoms with Crippen LogP contribution < -0.4 is 4.74 Å². The zero-order valence-corrected chi connectivity index (χ0v) is 12.4. The lowest BCUT2D eigenvalue weighted by atomic mass is 9.87. The van der Waals surface area contributed by atoms with E-state index in [0.717, 1.165) is 11.3 Å². The molecule has 0 fully saturated rings. The Morgan fingerprint density at radius 1 is 1.00 bits per heavy atom. The fraction of sp³-hybridized carbons (Fsp3) is 0.294. The van der Waals surface area contributed by atoms with Crippen molar-refractivity contribution in [2.24, 2.45) is 0 Å². The van der Waals surface area contributed by atoms with Crippen LogP contribution in [0.4, 0.5) is 0 Å². The lowest BCUT2D eigenvalue weighted by Crippen LogP contribution is -2.10. The van der Waals surface area contributed by atoms with Crippen molar-refractivity contribution in [1.29, 1.82) is 0 Å². The summed E-state index contributed by atoms with van der Waals surface area (Å²) in [7, 11) is 0. The molecule has 1 nitrogen and oxygen atoms in total. The van der Waals surface area contributed by atoms with Crippen molar-refractivity contribution in [3.63, 3.8) is 0 Å². The van der Waals surface area contributed by atoms with E-state index in [1.807, 2.05) is 42.5 Å². The van der Waals surface area contributed by atoms with Crippen molar-refractivity contribution in [3.8, 4) is 5.75 Å². The molecule has 0 aliphatic heterocycles. The van der Waals surface area contributed by atoms with E-state index in [1.54, 1.807) is 0 Å². The van der Waals surface area contributed by atoms with Gasteiger partial charge in [0, 0.05) is 0 Å². The first-order valence-corrected chi connectivity index (χ1v) is 6.81. The number of rotatable bonds is 3. The zero-order chi connectivity index (χ0) is 13.9. The van der Waals surface area contributed by atoms with Gasteiger partial charge < -0.3 is 4.74 Å². The number of hydrogen-bond donors (Lipinski definition) is 0. The zero-order valence-electron chi connectivity index (χ0n) is 11.6. The van der Waals surface area contributed by atoms with Gasteiger partial charge in [0.25, 0.3) is 0 Å². The van der Waals surface area contributed by atoms with Crippen LogP contribution in [0.2, 0.25) is 5.02 Å². The Morgan fingerprint density at radius 3 is 2.26 bits per heavy atom. The van der Waals surface area contributed by atoms with E-state index in [4.69, 9.17) is 16.3 Å². The van der Waals surface area contributed by atoms with Crippen molar-refractivity contribution >= 4 is 11.6 Å². The Bertz CT molecular complexity index is 541. The van der Waals surface area contributed by atoms with Crippen molar-refractivity contribution in [2.75, 3.05) is 0 Å². The number of halogens is 1. The van der Waals surface area contributed by atoms with Gasteiger partial charge in [0.05, 0.1) is 5.02 Å². The Morgan fingerprint density at radius 2 is 1.68 bits per heavy atom. The second kappa shape index (κ2) is 5.66. The molecule has 0 spiro atoms. The minimum Gasteiger partial charge on any atom is -0.487 e. The van der Waals surface area contributed by atoms with Crippen LogP contribution in [-0.2, 0) is 12.0 Å². The van der Waals surface area contributed by atoms with Gasteiger partial charge in [-0.2, -0.15) is 0 Å². The summed E-state index contributed by atoms with van der Waals surface area (Å²) in [4.78, 5) is 0. The average Bonchev–Trinajstić information content (AvgIpc) is 2.37. The molecule has 0 aliphatic rings. The molecule has 0 aromatic heterocycles. The quantitative estimate of drug-likeness (QED) is 0.746. The molecule has 0 aliphatic carbocycles. The first kappa shape index (κ1) is 14.0. The van der Waals surface area contributed by atoms with E-state index >= 15 is 0 Å². The first-order valence-electron chi connectivity index (χ1n) is 6.43. The summed E-state index contributed by atoms with van der Waals surface area (Å²) in [5, 5.41) is 0.670. The van der Waals surface area contributed by atoms with Crippen molar-refractivity contribution in [1.82, 2.24) is 0 Å². The van der Waals surface area contributed by atoms with Crippen LogP contribution in [0, 0.1) is 0 Å². The van der Waals surface area contributed by atoms with Gasteiger partial charge in [0.1, 0.15) is 12.4 Å². The third-order valence-corrected chi connectivity index (χ3v) is 3.33. The number of ether oxygens (including phenoxy) is 1. The molecular formula is C17H19ClO. The highest BCUT2D eigenvalue weighted by molar-refractivity contribution is 6.32. The standard InChI is InChI=1S/C17H19ClO/c1-17(2,3)14-9-10-16(15(18)11-14)19-12-13-7-5-4-6-8-13/h4-11H,12H2,1-3H3. The highest BCUT2D eigenvalue weighted by Gasteiger charge is 2.15. The molecule has 0 saturated heterocycles. The normalized spacial score (nSPS) is 11.4. The van der Waals surface area contributed by atoms with Crippen LogP contribution >= 0.6 is 11.6 Å².